The summed E-state index contributed by atoms with van der Waals surface area (Å²) < 4.78 is 36.1. The van der Waals surface area contributed by atoms with Crippen LogP contribution in [0.2, 0.25) is 0 Å². The van der Waals surface area contributed by atoms with Gasteiger partial charge in [0.1, 0.15) is 23.7 Å². The fourth-order valence-electron chi connectivity index (χ4n) is 2.71. The van der Waals surface area contributed by atoms with E-state index in [1.54, 1.807) is 12.1 Å². The third kappa shape index (κ3) is 7.35. The van der Waals surface area contributed by atoms with Gasteiger partial charge in [0.25, 0.3) is 0 Å². The van der Waals surface area contributed by atoms with E-state index in [2.05, 4.69) is 9.97 Å². The number of halogens is 4. The van der Waals surface area contributed by atoms with E-state index in [9.17, 15) is 8.78 Å². The summed E-state index contributed by atoms with van der Waals surface area (Å²) in [5.74, 6) is 0.0380. The molecule has 0 aromatic carbocycles. The Balaban J connectivity index is 0.000000261. The summed E-state index contributed by atoms with van der Waals surface area (Å²) in [5.41, 5.74) is 11.2. The van der Waals surface area contributed by atoms with Gasteiger partial charge >= 0.3 is 0 Å². The van der Waals surface area contributed by atoms with Gasteiger partial charge in [-0.05, 0) is 37.8 Å². The van der Waals surface area contributed by atoms with Crippen molar-refractivity contribution in [2.45, 2.75) is 50.0 Å². The third-order valence-corrected chi connectivity index (χ3v) is 4.26. The maximum absolute atomic E-state index is 12.6. The number of rotatable bonds is 4. The molecule has 2 aromatic rings. The molecule has 4 N–H and O–H groups in total. The zero-order valence-electron chi connectivity index (χ0n) is 15.0. The van der Waals surface area contributed by atoms with Crippen LogP contribution in [0.25, 0.3) is 0 Å². The van der Waals surface area contributed by atoms with Gasteiger partial charge in [0.2, 0.25) is 11.9 Å². The summed E-state index contributed by atoms with van der Waals surface area (Å²) in [6.45, 7) is 0. The predicted molar refractivity (Wildman–Crippen MR) is 106 cm³/mol. The van der Waals surface area contributed by atoms with Gasteiger partial charge < -0.3 is 20.9 Å². The third-order valence-electron chi connectivity index (χ3n) is 4.26. The lowest BCUT2D eigenvalue weighted by Gasteiger charge is -2.32. The van der Waals surface area contributed by atoms with Crippen molar-refractivity contribution < 1.29 is 18.3 Å². The molecular weight excluding hydrogens is 413 g/mol. The predicted octanol–water partition coefficient (Wildman–Crippen LogP) is 3.02. The van der Waals surface area contributed by atoms with Gasteiger partial charge in [-0.15, -0.1) is 24.8 Å². The lowest BCUT2D eigenvalue weighted by atomic mass is 9.90. The number of pyridine rings is 2. The molecule has 0 amide bonds. The van der Waals surface area contributed by atoms with Gasteiger partial charge in [-0.1, -0.05) is 0 Å². The highest BCUT2D eigenvalue weighted by Gasteiger charge is 2.28. The van der Waals surface area contributed by atoms with Gasteiger partial charge in [0.05, 0.1) is 0 Å². The minimum absolute atomic E-state index is 0. The molecule has 10 heteroatoms. The zero-order valence-corrected chi connectivity index (χ0v) is 16.7. The number of hydrogen-bond acceptors (Lipinski definition) is 6. The van der Waals surface area contributed by atoms with Crippen molar-refractivity contribution in [2.75, 3.05) is 0 Å². The van der Waals surface area contributed by atoms with Crippen LogP contribution in [0.15, 0.2) is 36.7 Å². The summed E-state index contributed by atoms with van der Waals surface area (Å²) in [6.07, 6.45) is 6.49. The molecule has 6 nitrogen and oxygen atoms in total. The normalized spacial score (nSPS) is 24.7. The second-order valence-electron chi connectivity index (χ2n) is 6.57. The van der Waals surface area contributed by atoms with Crippen LogP contribution in [0.3, 0.4) is 0 Å². The molecule has 2 aromatic heterocycles. The highest BCUT2D eigenvalue weighted by Crippen LogP contribution is 2.25. The lowest BCUT2D eigenvalue weighted by molar-refractivity contribution is 0.100. The van der Waals surface area contributed by atoms with Crippen molar-refractivity contribution in [1.82, 2.24) is 9.97 Å². The van der Waals surface area contributed by atoms with Gasteiger partial charge in [-0.3, -0.25) is 0 Å². The van der Waals surface area contributed by atoms with Crippen molar-refractivity contribution in [2.24, 2.45) is 11.5 Å². The first kappa shape index (κ1) is 24.3. The van der Waals surface area contributed by atoms with Crippen LogP contribution in [0, 0.1) is 11.9 Å². The Bertz CT molecular complexity index is 671. The monoisotopic (exact) mass is 436 g/mol. The summed E-state index contributed by atoms with van der Waals surface area (Å²) >= 11 is 0. The molecule has 2 fully saturated rings. The molecule has 2 aliphatic rings. The fraction of sp³-hybridized carbons (Fsp3) is 0.444. The largest absolute Gasteiger partial charge is 0.490 e. The second kappa shape index (κ2) is 11.3. The van der Waals surface area contributed by atoms with E-state index >= 15 is 0 Å². The van der Waals surface area contributed by atoms with Crippen molar-refractivity contribution in [3.63, 3.8) is 0 Å². The number of hydrogen-bond donors (Lipinski definition) is 2. The highest BCUT2D eigenvalue weighted by molar-refractivity contribution is 5.85. The van der Waals surface area contributed by atoms with Gasteiger partial charge in [0, 0.05) is 36.6 Å². The van der Waals surface area contributed by atoms with Crippen molar-refractivity contribution >= 4 is 24.8 Å². The minimum Gasteiger partial charge on any atom is -0.490 e. The molecule has 0 bridgehead atoms. The second-order valence-corrected chi connectivity index (χ2v) is 6.57. The van der Waals surface area contributed by atoms with E-state index < -0.39 is 11.9 Å². The van der Waals surface area contributed by atoms with Crippen LogP contribution in [0.5, 0.6) is 11.5 Å². The van der Waals surface area contributed by atoms with Gasteiger partial charge in [0.15, 0.2) is 0 Å². The molecule has 2 heterocycles. The summed E-state index contributed by atoms with van der Waals surface area (Å²) in [7, 11) is 0. The van der Waals surface area contributed by atoms with E-state index in [1.165, 1.54) is 24.5 Å². The summed E-state index contributed by atoms with van der Waals surface area (Å²) in [6, 6.07) is 6.35. The average molecular weight is 437 g/mol. The number of nitrogens with zero attached hydrogens (tertiary/aromatic N) is 2. The van der Waals surface area contributed by atoms with Gasteiger partial charge in [-0.25, -0.2) is 9.97 Å². The molecular formula is C18H24Cl2F2N4O2. The molecule has 0 spiro atoms. The van der Waals surface area contributed by atoms with E-state index in [4.69, 9.17) is 20.9 Å². The van der Waals surface area contributed by atoms with E-state index in [1.807, 2.05) is 0 Å². The molecule has 0 atom stereocenters. The molecule has 0 saturated heterocycles. The number of aromatic nitrogens is 2. The SMILES string of the molecule is Cl.Cl.NC1CC(Oc2ccnc(F)c2)C1.NC1CC(Oc2ccnc(F)c2)C1. The number of nitrogens with two attached hydrogens (primary N) is 2. The fourth-order valence-corrected chi connectivity index (χ4v) is 2.71. The Morgan fingerprint density at radius 3 is 1.39 bits per heavy atom. The molecule has 0 unspecified atom stereocenters. The first-order chi connectivity index (χ1) is 12.5. The van der Waals surface area contributed by atoms with Crippen molar-refractivity contribution in [3.8, 4) is 11.5 Å². The highest BCUT2D eigenvalue weighted by atomic mass is 35.5. The molecule has 156 valence electrons. The van der Waals surface area contributed by atoms with Gasteiger partial charge in [-0.2, -0.15) is 8.78 Å². The van der Waals surface area contributed by atoms with Crippen LogP contribution >= 0.6 is 24.8 Å². The Kier molecular flexibility index (Phi) is 9.81. The Morgan fingerprint density at radius 1 is 0.750 bits per heavy atom. The quantitative estimate of drug-likeness (QED) is 0.714. The zero-order chi connectivity index (χ0) is 18.5. The Morgan fingerprint density at radius 2 is 1.11 bits per heavy atom. The first-order valence-corrected chi connectivity index (χ1v) is 8.55. The summed E-state index contributed by atoms with van der Waals surface area (Å²) in [5, 5.41) is 0. The number of ether oxygens (including phenoxy) is 2. The topological polar surface area (TPSA) is 96.3 Å². The Hall–Kier alpha value is -1.74. The van der Waals surface area contributed by atoms with Crippen molar-refractivity contribution in [3.05, 3.63) is 48.6 Å². The molecule has 4 rings (SSSR count). The van der Waals surface area contributed by atoms with Crippen molar-refractivity contribution in [1.29, 1.82) is 0 Å². The van der Waals surface area contributed by atoms with Crippen LogP contribution in [-0.2, 0) is 0 Å². The van der Waals surface area contributed by atoms with E-state index in [-0.39, 0.29) is 49.1 Å². The standard InChI is InChI=1S/2C9H11FN2O.2ClH/c2*10-9-5-7(1-2-12-9)13-8-3-6(11)4-8;;/h2*1-2,5-6,8H,3-4,11H2;2*1H. The molecule has 28 heavy (non-hydrogen) atoms. The van der Waals surface area contributed by atoms with Crippen LogP contribution in [0.4, 0.5) is 8.78 Å². The van der Waals surface area contributed by atoms with E-state index in [0.29, 0.717) is 11.5 Å². The molecule has 0 radical (unpaired) electrons. The van der Waals surface area contributed by atoms with E-state index in [0.717, 1.165) is 25.7 Å². The Labute approximate surface area is 174 Å². The van der Waals surface area contributed by atoms with Crippen LogP contribution in [-0.4, -0.2) is 34.3 Å². The average Bonchev–Trinajstić information content (AvgIpc) is 2.53. The smallest absolute Gasteiger partial charge is 0.216 e. The minimum atomic E-state index is -0.513. The molecule has 2 aliphatic carbocycles. The molecule has 2 saturated carbocycles. The maximum atomic E-state index is 12.6. The lowest BCUT2D eigenvalue weighted by Crippen LogP contribution is -2.43. The van der Waals surface area contributed by atoms with Crippen LogP contribution in [0.1, 0.15) is 25.7 Å². The first-order valence-electron chi connectivity index (χ1n) is 8.55. The van der Waals surface area contributed by atoms with Crippen LogP contribution < -0.4 is 20.9 Å². The molecule has 0 aliphatic heterocycles. The maximum Gasteiger partial charge on any atom is 0.216 e. The summed E-state index contributed by atoms with van der Waals surface area (Å²) in [4.78, 5) is 6.87.